The zero-order valence-electron chi connectivity index (χ0n) is 12.7. The van der Waals surface area contributed by atoms with Gasteiger partial charge in [0.05, 0.1) is 11.3 Å². The molecule has 0 amide bonds. The Balaban J connectivity index is 1.98. The van der Waals surface area contributed by atoms with Crippen molar-refractivity contribution in [3.8, 4) is 0 Å². The first-order chi connectivity index (χ1) is 10.1. The van der Waals surface area contributed by atoms with E-state index in [9.17, 15) is 0 Å². The molecule has 0 spiro atoms. The first-order valence-electron chi connectivity index (χ1n) is 7.67. The third kappa shape index (κ3) is 3.09. The monoisotopic (exact) mass is 289 g/mol. The SMILES string of the molecule is Cc1nnc(N(CC2CC2)CC2CC2)c(C(N)=NO)c1C. The number of nitrogens with zero attached hydrogens (tertiary/aromatic N) is 4. The molecule has 3 N–H and O–H groups in total. The maximum absolute atomic E-state index is 9.09. The number of amidine groups is 1. The van der Waals surface area contributed by atoms with E-state index < -0.39 is 0 Å². The molecule has 0 saturated heterocycles. The van der Waals surface area contributed by atoms with Crippen LogP contribution >= 0.6 is 0 Å². The van der Waals surface area contributed by atoms with Crippen LogP contribution in [-0.4, -0.2) is 34.3 Å². The minimum atomic E-state index is 0.122. The Labute approximate surface area is 125 Å². The van der Waals surface area contributed by atoms with Gasteiger partial charge in [-0.3, -0.25) is 0 Å². The van der Waals surface area contributed by atoms with Gasteiger partial charge in [0.1, 0.15) is 0 Å². The largest absolute Gasteiger partial charge is 0.409 e. The van der Waals surface area contributed by atoms with E-state index in [1.807, 2.05) is 13.8 Å². The quantitative estimate of drug-likeness (QED) is 0.361. The molecule has 0 radical (unpaired) electrons. The second kappa shape index (κ2) is 5.50. The highest BCUT2D eigenvalue weighted by Gasteiger charge is 2.32. The summed E-state index contributed by atoms with van der Waals surface area (Å²) in [6.07, 6.45) is 5.16. The molecule has 2 aliphatic rings. The van der Waals surface area contributed by atoms with Gasteiger partial charge in [0.15, 0.2) is 11.7 Å². The lowest BCUT2D eigenvalue weighted by Crippen LogP contribution is -2.32. The van der Waals surface area contributed by atoms with Crippen molar-refractivity contribution in [3.05, 3.63) is 16.8 Å². The average molecular weight is 289 g/mol. The molecule has 0 aliphatic heterocycles. The normalized spacial score (nSPS) is 18.9. The summed E-state index contributed by atoms with van der Waals surface area (Å²) in [5.41, 5.74) is 8.38. The average Bonchev–Trinajstić information content (AvgIpc) is 3.36. The van der Waals surface area contributed by atoms with Crippen LogP contribution in [-0.2, 0) is 0 Å². The lowest BCUT2D eigenvalue weighted by Gasteiger charge is -2.26. The molecule has 2 saturated carbocycles. The Morgan fingerprint density at radius 2 is 1.76 bits per heavy atom. The van der Waals surface area contributed by atoms with Crippen LogP contribution in [0.15, 0.2) is 5.16 Å². The van der Waals surface area contributed by atoms with Crippen molar-refractivity contribution in [2.24, 2.45) is 22.7 Å². The Hall–Kier alpha value is -1.85. The summed E-state index contributed by atoms with van der Waals surface area (Å²) in [6, 6.07) is 0. The van der Waals surface area contributed by atoms with Gasteiger partial charge in [-0.1, -0.05) is 5.16 Å². The van der Waals surface area contributed by atoms with Crippen LogP contribution in [0.25, 0.3) is 0 Å². The third-order valence-electron chi connectivity index (χ3n) is 4.45. The molecule has 0 bridgehead atoms. The van der Waals surface area contributed by atoms with E-state index in [0.29, 0.717) is 0 Å². The zero-order chi connectivity index (χ0) is 15.0. The molecule has 0 aromatic carbocycles. The number of hydrogen-bond acceptors (Lipinski definition) is 5. The first kappa shape index (κ1) is 14.1. The van der Waals surface area contributed by atoms with Gasteiger partial charge in [-0.15, -0.1) is 5.10 Å². The zero-order valence-corrected chi connectivity index (χ0v) is 12.7. The highest BCUT2D eigenvalue weighted by atomic mass is 16.4. The lowest BCUT2D eigenvalue weighted by molar-refractivity contribution is 0.318. The summed E-state index contributed by atoms with van der Waals surface area (Å²) in [6.45, 7) is 5.85. The molecule has 1 heterocycles. The van der Waals surface area contributed by atoms with Crippen molar-refractivity contribution in [2.75, 3.05) is 18.0 Å². The highest BCUT2D eigenvalue weighted by molar-refractivity contribution is 6.02. The molecular formula is C15H23N5O. The first-order valence-corrected chi connectivity index (χ1v) is 7.67. The van der Waals surface area contributed by atoms with Crippen LogP contribution in [0.3, 0.4) is 0 Å². The van der Waals surface area contributed by atoms with E-state index in [4.69, 9.17) is 10.9 Å². The van der Waals surface area contributed by atoms with E-state index in [-0.39, 0.29) is 5.84 Å². The number of aryl methyl sites for hydroxylation is 1. The minimum Gasteiger partial charge on any atom is -0.409 e. The van der Waals surface area contributed by atoms with Crippen molar-refractivity contribution >= 4 is 11.7 Å². The maximum Gasteiger partial charge on any atom is 0.174 e. The number of oxime groups is 1. The maximum atomic E-state index is 9.09. The molecule has 2 aliphatic carbocycles. The van der Waals surface area contributed by atoms with Gasteiger partial charge in [-0.05, 0) is 56.9 Å². The van der Waals surface area contributed by atoms with E-state index >= 15 is 0 Å². The van der Waals surface area contributed by atoms with Crippen LogP contribution in [0, 0.1) is 25.7 Å². The van der Waals surface area contributed by atoms with Crippen LogP contribution < -0.4 is 10.6 Å². The summed E-state index contributed by atoms with van der Waals surface area (Å²) in [7, 11) is 0. The molecule has 6 nitrogen and oxygen atoms in total. The molecule has 0 unspecified atom stereocenters. The lowest BCUT2D eigenvalue weighted by atomic mass is 10.1. The molecule has 1 aromatic rings. The molecule has 1 aromatic heterocycles. The fraction of sp³-hybridized carbons (Fsp3) is 0.667. The smallest absolute Gasteiger partial charge is 0.174 e. The summed E-state index contributed by atoms with van der Waals surface area (Å²) >= 11 is 0. The number of nitrogens with two attached hydrogens (primary N) is 1. The number of anilines is 1. The second-order valence-electron chi connectivity index (χ2n) is 6.39. The van der Waals surface area contributed by atoms with E-state index in [1.165, 1.54) is 25.7 Å². The molecule has 21 heavy (non-hydrogen) atoms. The van der Waals surface area contributed by atoms with Crippen molar-refractivity contribution in [1.29, 1.82) is 0 Å². The Bertz CT molecular complexity index is 549. The number of hydrogen-bond donors (Lipinski definition) is 2. The van der Waals surface area contributed by atoms with Gasteiger partial charge in [-0.2, -0.15) is 5.10 Å². The van der Waals surface area contributed by atoms with Gasteiger partial charge in [-0.25, -0.2) is 0 Å². The molecule has 2 fully saturated rings. The summed E-state index contributed by atoms with van der Waals surface area (Å²) in [4.78, 5) is 2.29. The molecule has 114 valence electrons. The van der Waals surface area contributed by atoms with Crippen LogP contribution in [0.1, 0.15) is 42.5 Å². The minimum absolute atomic E-state index is 0.122. The Kier molecular flexibility index (Phi) is 3.69. The highest BCUT2D eigenvalue weighted by Crippen LogP contribution is 2.36. The van der Waals surface area contributed by atoms with Crippen LogP contribution in [0.5, 0.6) is 0 Å². The summed E-state index contributed by atoms with van der Waals surface area (Å²) in [5.74, 6) is 2.41. The van der Waals surface area contributed by atoms with Gasteiger partial charge in [0.2, 0.25) is 0 Å². The fourth-order valence-corrected chi connectivity index (χ4v) is 2.65. The van der Waals surface area contributed by atoms with E-state index in [2.05, 4.69) is 20.3 Å². The van der Waals surface area contributed by atoms with Gasteiger partial charge in [0, 0.05) is 13.1 Å². The van der Waals surface area contributed by atoms with Crippen LogP contribution in [0.2, 0.25) is 0 Å². The molecule has 3 rings (SSSR count). The topological polar surface area (TPSA) is 87.6 Å². The Morgan fingerprint density at radius 3 is 2.24 bits per heavy atom. The van der Waals surface area contributed by atoms with Crippen molar-refractivity contribution in [2.45, 2.75) is 39.5 Å². The van der Waals surface area contributed by atoms with Crippen LogP contribution in [0.4, 0.5) is 5.82 Å². The van der Waals surface area contributed by atoms with Gasteiger partial charge in [0.25, 0.3) is 0 Å². The van der Waals surface area contributed by atoms with Crippen molar-refractivity contribution in [3.63, 3.8) is 0 Å². The van der Waals surface area contributed by atoms with Gasteiger partial charge >= 0.3 is 0 Å². The Morgan fingerprint density at radius 1 is 1.19 bits per heavy atom. The standard InChI is InChI=1S/C15H23N5O/c1-9-10(2)17-18-15(13(9)14(16)19-21)20(7-11-3-4-11)8-12-5-6-12/h11-12,21H,3-8H2,1-2H3,(H2,16,19). The fourth-order valence-electron chi connectivity index (χ4n) is 2.65. The van der Waals surface area contributed by atoms with Gasteiger partial charge < -0.3 is 15.8 Å². The van der Waals surface area contributed by atoms with Crippen molar-refractivity contribution in [1.82, 2.24) is 10.2 Å². The van der Waals surface area contributed by atoms with E-state index in [0.717, 1.165) is 47.6 Å². The number of rotatable bonds is 6. The molecule has 0 atom stereocenters. The molecular weight excluding hydrogens is 266 g/mol. The second-order valence-corrected chi connectivity index (χ2v) is 6.39. The predicted molar refractivity (Wildman–Crippen MR) is 81.7 cm³/mol. The van der Waals surface area contributed by atoms with Crippen molar-refractivity contribution < 1.29 is 5.21 Å². The third-order valence-corrected chi connectivity index (χ3v) is 4.45. The summed E-state index contributed by atoms with van der Waals surface area (Å²) in [5, 5.41) is 20.9. The summed E-state index contributed by atoms with van der Waals surface area (Å²) < 4.78 is 0. The molecule has 6 heteroatoms. The predicted octanol–water partition coefficient (Wildman–Crippen LogP) is 1.81. The number of aromatic nitrogens is 2. The van der Waals surface area contributed by atoms with E-state index in [1.54, 1.807) is 0 Å².